The van der Waals surface area contributed by atoms with E-state index in [0.29, 0.717) is 17.5 Å². The first-order valence-electron chi connectivity index (χ1n) is 14.1. The molecule has 0 radical (unpaired) electrons. The summed E-state index contributed by atoms with van der Waals surface area (Å²) in [6, 6.07) is 19.4. The van der Waals surface area contributed by atoms with Gasteiger partial charge in [-0.25, -0.2) is 0 Å². The summed E-state index contributed by atoms with van der Waals surface area (Å²) in [5.74, 6) is -0.973. The highest BCUT2D eigenvalue weighted by molar-refractivity contribution is 6.08. The molecule has 4 aliphatic rings. The largest absolute Gasteiger partial charge is 0.497 e. The summed E-state index contributed by atoms with van der Waals surface area (Å²) in [7, 11) is 5.97. The molecule has 0 aromatic heterocycles. The van der Waals surface area contributed by atoms with Crippen molar-refractivity contribution in [1.82, 2.24) is 0 Å². The van der Waals surface area contributed by atoms with Crippen molar-refractivity contribution in [2.24, 2.45) is 0 Å². The fraction of sp³-hybridized carbons (Fsp3) is 0.324. The second kappa shape index (κ2) is 10.2. The first-order chi connectivity index (χ1) is 20.9. The smallest absolute Gasteiger partial charge is 0.282 e. The molecule has 0 bridgehead atoms. The van der Waals surface area contributed by atoms with Crippen molar-refractivity contribution in [2.75, 3.05) is 28.4 Å². The lowest BCUT2D eigenvalue weighted by Crippen LogP contribution is -2.62. The Balaban J connectivity index is 1.50. The Kier molecular flexibility index (Phi) is 6.50. The van der Waals surface area contributed by atoms with E-state index in [2.05, 4.69) is 0 Å². The third-order valence-corrected chi connectivity index (χ3v) is 8.80. The Hall–Kier alpha value is -4.31. The Bertz CT molecular complexity index is 1650. The van der Waals surface area contributed by atoms with Gasteiger partial charge in [0.15, 0.2) is 17.3 Å². The molecule has 7 rings (SSSR count). The van der Waals surface area contributed by atoms with E-state index in [4.69, 9.17) is 33.2 Å². The van der Waals surface area contributed by atoms with Crippen molar-refractivity contribution < 1.29 is 43.1 Å². The van der Waals surface area contributed by atoms with Gasteiger partial charge in [-0.1, -0.05) is 66.7 Å². The van der Waals surface area contributed by atoms with Crippen LogP contribution in [0, 0.1) is 0 Å². The van der Waals surface area contributed by atoms with Gasteiger partial charge in [0.1, 0.15) is 17.6 Å². The van der Waals surface area contributed by atoms with Gasteiger partial charge in [0.25, 0.3) is 5.79 Å². The molecule has 222 valence electrons. The predicted octanol–water partition coefficient (Wildman–Crippen LogP) is 5.39. The summed E-state index contributed by atoms with van der Waals surface area (Å²) in [6.45, 7) is 0. The lowest BCUT2D eigenvalue weighted by molar-refractivity contribution is -0.279. The van der Waals surface area contributed by atoms with E-state index in [9.17, 15) is 9.90 Å². The van der Waals surface area contributed by atoms with E-state index < -0.39 is 29.7 Å². The molecule has 0 fully saturated rings. The molecule has 3 aromatic rings. The second-order valence-electron chi connectivity index (χ2n) is 10.8. The van der Waals surface area contributed by atoms with Crippen molar-refractivity contribution in [3.63, 3.8) is 0 Å². The first-order valence-corrected chi connectivity index (χ1v) is 14.1. The number of carbonyl (C=O) groups excluding carboxylic acids is 1. The quantitative estimate of drug-likeness (QED) is 0.409. The molecule has 5 atom stereocenters. The summed E-state index contributed by atoms with van der Waals surface area (Å²) in [5, 5.41) is 11.8. The summed E-state index contributed by atoms with van der Waals surface area (Å²) < 4.78 is 44.5. The lowest BCUT2D eigenvalue weighted by atomic mass is 9.72. The molecule has 43 heavy (non-hydrogen) atoms. The number of rotatable bonds is 6. The first kappa shape index (κ1) is 27.5. The highest BCUT2D eigenvalue weighted by Gasteiger charge is 2.74. The monoisotopic (exact) mass is 584 g/mol. The van der Waals surface area contributed by atoms with Crippen LogP contribution < -0.4 is 18.9 Å². The Morgan fingerprint density at radius 3 is 2.09 bits per heavy atom. The van der Waals surface area contributed by atoms with Gasteiger partial charge in [-0.2, -0.15) is 0 Å². The van der Waals surface area contributed by atoms with Crippen LogP contribution in [0.15, 0.2) is 84.1 Å². The number of ketones is 1. The Morgan fingerprint density at radius 2 is 1.49 bits per heavy atom. The van der Waals surface area contributed by atoms with Gasteiger partial charge in [-0.05, 0) is 17.5 Å². The van der Waals surface area contributed by atoms with Crippen LogP contribution in [0.3, 0.4) is 0 Å². The third kappa shape index (κ3) is 3.65. The number of hydrogen-bond acceptors (Lipinski definition) is 9. The standard InChI is InChI=1S/C34H32O9/c1-37-26-18-22(35)21-15-16-24(19-11-7-5-8-12-19)42-34(21)33(26,40-4)28-29(43-34)27-23(36)17-25(20-13-9-6-10-14-20)41-30(27)32(39-3)31(28)38-2/h5-15,18,23-25,36H,16-17H2,1-4H3. The zero-order chi connectivity index (χ0) is 29.9. The summed E-state index contributed by atoms with van der Waals surface area (Å²) in [5.41, 5.74) is 1.15. The minimum Gasteiger partial charge on any atom is -0.497 e. The minimum absolute atomic E-state index is 0.165. The van der Waals surface area contributed by atoms with E-state index in [-0.39, 0.29) is 46.5 Å². The summed E-state index contributed by atoms with van der Waals surface area (Å²) in [4.78, 5) is 13.6. The number of ether oxygens (including phenoxy) is 7. The average Bonchev–Trinajstić information content (AvgIpc) is 3.34. The average molecular weight is 585 g/mol. The van der Waals surface area contributed by atoms with Gasteiger partial charge >= 0.3 is 0 Å². The fourth-order valence-electron chi connectivity index (χ4n) is 6.95. The number of methoxy groups -OCH3 is 4. The molecule has 1 aliphatic carbocycles. The van der Waals surface area contributed by atoms with Gasteiger partial charge in [-0.3, -0.25) is 4.79 Å². The van der Waals surface area contributed by atoms with E-state index in [1.807, 2.05) is 66.7 Å². The van der Waals surface area contributed by atoms with Crippen molar-refractivity contribution in [3.8, 4) is 23.0 Å². The number of fused-ring (bicyclic) bond motifs is 4. The zero-order valence-electron chi connectivity index (χ0n) is 24.3. The molecule has 1 spiro atoms. The van der Waals surface area contributed by atoms with Crippen LogP contribution in [0.4, 0.5) is 0 Å². The molecule has 3 aromatic carbocycles. The maximum absolute atomic E-state index is 13.6. The molecule has 5 unspecified atom stereocenters. The molecule has 9 heteroatoms. The zero-order valence-corrected chi connectivity index (χ0v) is 24.3. The molecule has 9 nitrogen and oxygen atoms in total. The molecule has 0 amide bonds. The number of aliphatic hydroxyl groups excluding tert-OH is 1. The third-order valence-electron chi connectivity index (χ3n) is 8.80. The summed E-state index contributed by atoms with van der Waals surface area (Å²) in [6.07, 6.45) is 1.94. The number of aliphatic hydroxyl groups is 1. The predicted molar refractivity (Wildman–Crippen MR) is 154 cm³/mol. The highest BCUT2D eigenvalue weighted by Crippen LogP contribution is 2.69. The molecule has 0 saturated carbocycles. The number of allylic oxidation sites excluding steroid dienone is 1. The van der Waals surface area contributed by atoms with E-state index in [1.54, 1.807) is 0 Å². The van der Waals surface area contributed by atoms with Crippen LogP contribution in [0.25, 0.3) is 0 Å². The molecule has 0 saturated heterocycles. The molecular formula is C34H32O9. The molecule has 3 heterocycles. The van der Waals surface area contributed by atoms with Crippen molar-refractivity contribution in [2.45, 2.75) is 42.5 Å². The highest BCUT2D eigenvalue weighted by atomic mass is 16.7. The summed E-state index contributed by atoms with van der Waals surface area (Å²) >= 11 is 0. The van der Waals surface area contributed by atoms with Crippen molar-refractivity contribution in [3.05, 3.63) is 106 Å². The second-order valence-corrected chi connectivity index (χ2v) is 10.8. The van der Waals surface area contributed by atoms with Crippen LogP contribution in [0.2, 0.25) is 0 Å². The Morgan fingerprint density at radius 1 is 0.837 bits per heavy atom. The maximum Gasteiger partial charge on any atom is 0.282 e. The van der Waals surface area contributed by atoms with E-state index >= 15 is 0 Å². The maximum atomic E-state index is 13.6. The van der Waals surface area contributed by atoms with Gasteiger partial charge in [0.05, 0.1) is 50.2 Å². The van der Waals surface area contributed by atoms with E-state index in [0.717, 1.165) is 11.1 Å². The van der Waals surface area contributed by atoms with Crippen LogP contribution in [-0.2, 0) is 24.6 Å². The van der Waals surface area contributed by atoms with Crippen LogP contribution in [-0.4, -0.2) is 45.1 Å². The normalized spacial score (nSPS) is 28.6. The van der Waals surface area contributed by atoms with Gasteiger partial charge in [0.2, 0.25) is 11.4 Å². The van der Waals surface area contributed by atoms with Gasteiger partial charge in [0, 0.05) is 19.6 Å². The minimum atomic E-state index is -1.82. The Labute approximate surface area is 249 Å². The number of hydrogen-bond donors (Lipinski definition) is 1. The molecule has 1 N–H and O–H groups in total. The van der Waals surface area contributed by atoms with Crippen LogP contribution >= 0.6 is 0 Å². The van der Waals surface area contributed by atoms with E-state index in [1.165, 1.54) is 34.5 Å². The van der Waals surface area contributed by atoms with Gasteiger partial charge < -0.3 is 38.3 Å². The number of carbonyl (C=O) groups is 1. The lowest BCUT2D eigenvalue weighted by Gasteiger charge is -2.49. The van der Waals surface area contributed by atoms with Gasteiger partial charge in [-0.15, -0.1) is 0 Å². The SMILES string of the molecule is COC1=CC(=O)C2=CCC(c3ccccc3)OC23Oc2c4c(c(OC)c(OC)c2C13OC)OC(c1ccccc1)CC4O. The fourth-order valence-corrected chi connectivity index (χ4v) is 6.95. The van der Waals surface area contributed by atoms with Crippen molar-refractivity contribution in [1.29, 1.82) is 0 Å². The van der Waals surface area contributed by atoms with Crippen LogP contribution in [0.1, 0.15) is 53.4 Å². The molecular weight excluding hydrogens is 552 g/mol. The number of benzene rings is 3. The molecule has 3 aliphatic heterocycles. The van der Waals surface area contributed by atoms with Crippen LogP contribution in [0.5, 0.6) is 23.0 Å². The topological polar surface area (TPSA) is 102 Å². The van der Waals surface area contributed by atoms with Crippen molar-refractivity contribution >= 4 is 5.78 Å².